The summed E-state index contributed by atoms with van der Waals surface area (Å²) < 4.78 is 4.57. The predicted octanol–water partition coefficient (Wildman–Crippen LogP) is 6.91. The molecule has 0 fully saturated rings. The van der Waals surface area contributed by atoms with E-state index in [1.165, 1.54) is 15.6 Å². The lowest BCUT2D eigenvalue weighted by Gasteiger charge is -2.06. The maximum absolute atomic E-state index is 3.60. The maximum Gasteiger partial charge on any atom is 0.0208 e. The van der Waals surface area contributed by atoms with Crippen molar-refractivity contribution >= 4 is 63.7 Å². The van der Waals surface area contributed by atoms with Crippen molar-refractivity contribution < 1.29 is 0 Å². The van der Waals surface area contributed by atoms with Crippen molar-refractivity contribution in [2.75, 3.05) is 0 Å². The normalized spacial score (nSPS) is 10.7. The zero-order valence-corrected chi connectivity index (χ0v) is 16.4. The molecule has 0 spiro atoms. The van der Waals surface area contributed by atoms with Crippen molar-refractivity contribution in [2.24, 2.45) is 0 Å². The van der Waals surface area contributed by atoms with Gasteiger partial charge in [0.05, 0.1) is 0 Å². The second-order valence-electron chi connectivity index (χ2n) is 4.37. The molecule has 19 heavy (non-hydrogen) atoms. The average Bonchev–Trinajstić information content (AvgIpc) is 2.32. The molecule has 2 aromatic rings. The van der Waals surface area contributed by atoms with Gasteiger partial charge in [-0.3, -0.25) is 0 Å². The van der Waals surface area contributed by atoms with Crippen LogP contribution in [0.3, 0.4) is 0 Å². The Morgan fingerprint density at radius 3 is 2.05 bits per heavy atom. The van der Waals surface area contributed by atoms with Gasteiger partial charge in [-0.05, 0) is 66.8 Å². The van der Waals surface area contributed by atoms with Crippen LogP contribution in [0.4, 0.5) is 0 Å². The molecule has 2 rings (SSSR count). The Morgan fingerprint density at radius 2 is 1.37 bits per heavy atom. The van der Waals surface area contributed by atoms with E-state index in [1.807, 2.05) is 0 Å². The maximum atomic E-state index is 3.60. The van der Waals surface area contributed by atoms with E-state index in [0.29, 0.717) is 0 Å². The van der Waals surface area contributed by atoms with Crippen LogP contribution in [0.25, 0.3) is 0 Å². The molecule has 0 radical (unpaired) electrons. The van der Waals surface area contributed by atoms with E-state index in [1.54, 1.807) is 0 Å². The number of rotatable bonds is 4. The van der Waals surface area contributed by atoms with Crippen molar-refractivity contribution in [3.05, 3.63) is 65.4 Å². The van der Waals surface area contributed by atoms with Crippen LogP contribution in [-0.4, -0.2) is 0 Å². The highest BCUT2D eigenvalue weighted by molar-refractivity contribution is 9.11. The van der Waals surface area contributed by atoms with Gasteiger partial charge in [0.1, 0.15) is 0 Å². The Labute approximate surface area is 147 Å². The highest BCUT2D eigenvalue weighted by Gasteiger charge is 2.02. The third-order valence-electron chi connectivity index (χ3n) is 2.84. The first-order valence-corrected chi connectivity index (χ1v) is 9.11. The Kier molecular flexibility index (Phi) is 6.12. The molecule has 0 saturated heterocycles. The van der Waals surface area contributed by atoms with Gasteiger partial charge in [0.25, 0.3) is 0 Å². The van der Waals surface area contributed by atoms with Crippen LogP contribution in [0, 0.1) is 0 Å². The van der Waals surface area contributed by atoms with Gasteiger partial charge in [-0.25, -0.2) is 0 Å². The monoisotopic (exact) mass is 508 g/mol. The minimum Gasteiger partial charge on any atom is -0.0508 e. The Bertz CT molecular complexity index is 558. The minimum atomic E-state index is 1.07. The van der Waals surface area contributed by atoms with Crippen LogP contribution in [0.2, 0.25) is 0 Å². The predicted molar refractivity (Wildman–Crippen MR) is 95.7 cm³/mol. The number of halogens is 4. The van der Waals surface area contributed by atoms with E-state index in [2.05, 4.69) is 100 Å². The second kappa shape index (κ2) is 7.39. The van der Waals surface area contributed by atoms with Gasteiger partial charge in [0.2, 0.25) is 0 Å². The molecule has 0 aliphatic heterocycles. The first-order chi connectivity index (χ1) is 9.04. The van der Waals surface area contributed by atoms with Crippen molar-refractivity contribution in [2.45, 2.75) is 19.3 Å². The zero-order valence-electron chi connectivity index (χ0n) is 10.1. The Hall–Kier alpha value is 0.360. The number of hydrogen-bond acceptors (Lipinski definition) is 0. The molecular formula is C15H12Br4. The molecule has 100 valence electrons. The summed E-state index contributed by atoms with van der Waals surface area (Å²) in [6.07, 6.45) is 3.29. The SMILES string of the molecule is Brc1cc(Br)cc(CCCc2cc(Br)ccc2Br)c1. The number of hydrogen-bond donors (Lipinski definition) is 0. The van der Waals surface area contributed by atoms with Crippen LogP contribution < -0.4 is 0 Å². The molecule has 0 saturated carbocycles. The molecular weight excluding hydrogens is 500 g/mol. The molecule has 0 N–H and O–H groups in total. The third kappa shape index (κ3) is 5.00. The van der Waals surface area contributed by atoms with Gasteiger partial charge < -0.3 is 0 Å². The van der Waals surface area contributed by atoms with Crippen molar-refractivity contribution in [3.63, 3.8) is 0 Å². The first-order valence-electron chi connectivity index (χ1n) is 5.93. The molecule has 0 aromatic heterocycles. The lowest BCUT2D eigenvalue weighted by Crippen LogP contribution is -1.92. The van der Waals surface area contributed by atoms with Gasteiger partial charge in [0, 0.05) is 17.9 Å². The minimum absolute atomic E-state index is 1.07. The molecule has 0 aliphatic rings. The summed E-state index contributed by atoms with van der Waals surface area (Å²) in [6.45, 7) is 0. The molecule has 4 heteroatoms. The Morgan fingerprint density at radius 1 is 0.684 bits per heavy atom. The first kappa shape index (κ1) is 15.7. The third-order valence-corrected chi connectivity index (χ3v) is 5.02. The van der Waals surface area contributed by atoms with Crippen molar-refractivity contribution in [1.82, 2.24) is 0 Å². The van der Waals surface area contributed by atoms with E-state index in [0.717, 1.165) is 32.7 Å². The van der Waals surface area contributed by atoms with Crippen LogP contribution in [0.5, 0.6) is 0 Å². The fourth-order valence-electron chi connectivity index (χ4n) is 1.97. The summed E-state index contributed by atoms with van der Waals surface area (Å²) in [5.74, 6) is 0. The second-order valence-corrected chi connectivity index (χ2v) is 7.97. The molecule has 2 aromatic carbocycles. The molecule has 0 nitrogen and oxygen atoms in total. The zero-order chi connectivity index (χ0) is 13.8. The van der Waals surface area contributed by atoms with E-state index in [-0.39, 0.29) is 0 Å². The number of benzene rings is 2. The van der Waals surface area contributed by atoms with Gasteiger partial charge in [0.15, 0.2) is 0 Å². The fourth-order valence-corrected chi connectivity index (χ4v) is 4.22. The highest BCUT2D eigenvalue weighted by atomic mass is 79.9. The molecule has 0 aliphatic carbocycles. The number of aryl methyl sites for hydroxylation is 2. The van der Waals surface area contributed by atoms with Crippen LogP contribution in [0.1, 0.15) is 17.5 Å². The standard InChI is InChI=1S/C15H12Br4/c16-12-4-5-15(19)11(8-12)3-1-2-10-6-13(17)9-14(18)7-10/h4-9H,1-3H2. The van der Waals surface area contributed by atoms with Gasteiger partial charge in [-0.2, -0.15) is 0 Å². The van der Waals surface area contributed by atoms with Crippen LogP contribution in [-0.2, 0) is 12.8 Å². The topological polar surface area (TPSA) is 0 Å². The average molecular weight is 512 g/mol. The molecule has 0 heterocycles. The molecule has 0 bridgehead atoms. The lowest BCUT2D eigenvalue weighted by molar-refractivity contribution is 0.816. The quantitative estimate of drug-likeness (QED) is 0.418. The summed E-state index contributed by atoms with van der Waals surface area (Å²) >= 11 is 14.2. The van der Waals surface area contributed by atoms with Crippen molar-refractivity contribution in [3.8, 4) is 0 Å². The van der Waals surface area contributed by atoms with Crippen LogP contribution >= 0.6 is 63.7 Å². The Balaban J connectivity index is 1.98. The largest absolute Gasteiger partial charge is 0.0508 e. The van der Waals surface area contributed by atoms with Gasteiger partial charge in [-0.1, -0.05) is 63.7 Å². The van der Waals surface area contributed by atoms with Gasteiger partial charge >= 0.3 is 0 Å². The van der Waals surface area contributed by atoms with E-state index >= 15 is 0 Å². The fraction of sp³-hybridized carbons (Fsp3) is 0.200. The molecule has 0 amide bonds. The summed E-state index contributed by atoms with van der Waals surface area (Å²) in [5, 5.41) is 0. The van der Waals surface area contributed by atoms with E-state index in [9.17, 15) is 0 Å². The summed E-state index contributed by atoms with van der Waals surface area (Å²) in [7, 11) is 0. The lowest BCUT2D eigenvalue weighted by atomic mass is 10.0. The molecule has 0 unspecified atom stereocenters. The summed E-state index contributed by atoms with van der Waals surface area (Å²) in [4.78, 5) is 0. The highest BCUT2D eigenvalue weighted by Crippen LogP contribution is 2.24. The summed E-state index contributed by atoms with van der Waals surface area (Å²) in [6, 6.07) is 12.8. The smallest absolute Gasteiger partial charge is 0.0208 e. The molecule has 0 atom stereocenters. The van der Waals surface area contributed by atoms with E-state index < -0.39 is 0 Å². The summed E-state index contributed by atoms with van der Waals surface area (Å²) in [5.41, 5.74) is 2.70. The van der Waals surface area contributed by atoms with Gasteiger partial charge in [-0.15, -0.1) is 0 Å². The van der Waals surface area contributed by atoms with Crippen molar-refractivity contribution in [1.29, 1.82) is 0 Å². The van der Waals surface area contributed by atoms with Crippen LogP contribution in [0.15, 0.2) is 54.3 Å². The van der Waals surface area contributed by atoms with E-state index in [4.69, 9.17) is 0 Å².